The van der Waals surface area contributed by atoms with Crippen LogP contribution in [0.2, 0.25) is 0 Å². The Morgan fingerprint density at radius 1 is 1.42 bits per heavy atom. The monoisotopic (exact) mass is 266 g/mol. The van der Waals surface area contributed by atoms with Crippen molar-refractivity contribution in [1.29, 1.82) is 0 Å². The number of nitrogens with two attached hydrogens (primary N) is 1. The summed E-state index contributed by atoms with van der Waals surface area (Å²) < 4.78 is 11.2. The molecule has 106 valence electrons. The van der Waals surface area contributed by atoms with Crippen molar-refractivity contribution in [3.63, 3.8) is 0 Å². The third-order valence-electron chi connectivity index (χ3n) is 3.71. The topological polar surface area (TPSA) is 77.5 Å². The molecular weight excluding hydrogens is 244 g/mol. The molecule has 1 aliphatic rings. The SMILES string of the molecule is CC1CC(C)CC(OCc2occc2C(=O)NN)C1. The fourth-order valence-corrected chi connectivity index (χ4v) is 2.94. The van der Waals surface area contributed by atoms with E-state index in [0.29, 0.717) is 29.8 Å². The molecule has 5 heteroatoms. The molecule has 1 fully saturated rings. The second kappa shape index (κ2) is 6.21. The minimum Gasteiger partial charge on any atom is -0.466 e. The largest absolute Gasteiger partial charge is 0.466 e. The van der Waals surface area contributed by atoms with Crippen molar-refractivity contribution in [2.75, 3.05) is 0 Å². The molecular formula is C14H22N2O3. The predicted molar refractivity (Wildman–Crippen MR) is 71.1 cm³/mol. The smallest absolute Gasteiger partial charge is 0.268 e. The summed E-state index contributed by atoms with van der Waals surface area (Å²) >= 11 is 0. The van der Waals surface area contributed by atoms with E-state index < -0.39 is 0 Å². The number of hydrogen-bond acceptors (Lipinski definition) is 4. The Kier molecular flexibility index (Phi) is 4.61. The van der Waals surface area contributed by atoms with Gasteiger partial charge >= 0.3 is 0 Å². The van der Waals surface area contributed by atoms with Gasteiger partial charge in [-0.25, -0.2) is 5.84 Å². The molecule has 2 unspecified atom stereocenters. The minimum absolute atomic E-state index is 0.248. The van der Waals surface area contributed by atoms with E-state index in [-0.39, 0.29) is 12.0 Å². The van der Waals surface area contributed by atoms with E-state index in [9.17, 15) is 4.79 Å². The molecule has 0 spiro atoms. The summed E-state index contributed by atoms with van der Waals surface area (Å²) in [4.78, 5) is 11.5. The maximum absolute atomic E-state index is 11.5. The third kappa shape index (κ3) is 3.58. The maximum atomic E-state index is 11.5. The minimum atomic E-state index is -0.349. The summed E-state index contributed by atoms with van der Waals surface area (Å²) in [5, 5.41) is 0. The van der Waals surface area contributed by atoms with Crippen LogP contribution in [0.5, 0.6) is 0 Å². The molecule has 5 nitrogen and oxygen atoms in total. The van der Waals surface area contributed by atoms with E-state index in [1.807, 2.05) is 0 Å². The van der Waals surface area contributed by atoms with Crippen molar-refractivity contribution >= 4 is 5.91 Å². The quantitative estimate of drug-likeness (QED) is 0.497. The Labute approximate surface area is 113 Å². The van der Waals surface area contributed by atoms with Gasteiger partial charge in [-0.05, 0) is 37.2 Å². The van der Waals surface area contributed by atoms with Crippen molar-refractivity contribution in [3.05, 3.63) is 23.7 Å². The van der Waals surface area contributed by atoms with E-state index >= 15 is 0 Å². The van der Waals surface area contributed by atoms with Gasteiger partial charge in [0, 0.05) is 0 Å². The number of furan rings is 1. The highest BCUT2D eigenvalue weighted by molar-refractivity contribution is 5.94. The van der Waals surface area contributed by atoms with Gasteiger partial charge in [-0.15, -0.1) is 0 Å². The molecule has 0 saturated heterocycles. The lowest BCUT2D eigenvalue weighted by atomic mass is 9.82. The van der Waals surface area contributed by atoms with Gasteiger partial charge in [0.1, 0.15) is 12.4 Å². The van der Waals surface area contributed by atoms with Crippen LogP contribution in [0, 0.1) is 11.8 Å². The molecule has 1 aliphatic carbocycles. The zero-order chi connectivity index (χ0) is 13.8. The zero-order valence-electron chi connectivity index (χ0n) is 11.5. The van der Waals surface area contributed by atoms with Gasteiger partial charge < -0.3 is 9.15 Å². The lowest BCUT2D eigenvalue weighted by Gasteiger charge is -2.31. The Morgan fingerprint density at radius 3 is 2.74 bits per heavy atom. The van der Waals surface area contributed by atoms with Crippen LogP contribution in [0.15, 0.2) is 16.7 Å². The van der Waals surface area contributed by atoms with Crippen molar-refractivity contribution in [3.8, 4) is 0 Å². The molecule has 0 aromatic carbocycles. The van der Waals surface area contributed by atoms with Gasteiger partial charge in [0.15, 0.2) is 0 Å². The van der Waals surface area contributed by atoms with Crippen LogP contribution in [-0.2, 0) is 11.3 Å². The highest BCUT2D eigenvalue weighted by Crippen LogP contribution is 2.31. The second-order valence-corrected chi connectivity index (χ2v) is 5.58. The highest BCUT2D eigenvalue weighted by Gasteiger charge is 2.25. The number of ether oxygens (including phenoxy) is 1. The molecule has 0 radical (unpaired) electrons. The number of amides is 1. The molecule has 2 atom stereocenters. The highest BCUT2D eigenvalue weighted by atomic mass is 16.5. The molecule has 0 aliphatic heterocycles. The van der Waals surface area contributed by atoms with Crippen LogP contribution >= 0.6 is 0 Å². The van der Waals surface area contributed by atoms with Crippen molar-refractivity contribution < 1.29 is 13.9 Å². The lowest BCUT2D eigenvalue weighted by molar-refractivity contribution is -0.0159. The summed E-state index contributed by atoms with van der Waals surface area (Å²) in [5.41, 5.74) is 2.55. The number of rotatable bonds is 4. The molecule has 1 heterocycles. The fraction of sp³-hybridized carbons (Fsp3) is 0.643. The van der Waals surface area contributed by atoms with Crippen molar-refractivity contribution in [1.82, 2.24) is 5.43 Å². The Bertz CT molecular complexity index is 420. The fourth-order valence-electron chi connectivity index (χ4n) is 2.94. The molecule has 2 rings (SSSR count). The van der Waals surface area contributed by atoms with E-state index in [1.54, 1.807) is 6.07 Å². The van der Waals surface area contributed by atoms with Crippen molar-refractivity contribution in [2.45, 2.75) is 45.8 Å². The number of hydrogen-bond donors (Lipinski definition) is 2. The van der Waals surface area contributed by atoms with E-state index in [4.69, 9.17) is 15.0 Å². The first kappa shape index (κ1) is 14.1. The number of nitrogen functional groups attached to an aromatic ring is 1. The van der Waals surface area contributed by atoms with Gasteiger partial charge in [-0.2, -0.15) is 0 Å². The number of carbonyl (C=O) groups is 1. The van der Waals surface area contributed by atoms with Crippen molar-refractivity contribution in [2.24, 2.45) is 17.7 Å². The number of hydrazine groups is 1. The van der Waals surface area contributed by atoms with Gasteiger partial charge in [-0.1, -0.05) is 13.8 Å². The molecule has 1 amide bonds. The van der Waals surface area contributed by atoms with Gasteiger partial charge in [0.05, 0.1) is 17.9 Å². The molecule has 1 aromatic rings. The lowest BCUT2D eigenvalue weighted by Crippen LogP contribution is -2.30. The summed E-state index contributed by atoms with van der Waals surface area (Å²) in [6.45, 7) is 4.83. The van der Waals surface area contributed by atoms with Crippen LogP contribution in [0.4, 0.5) is 0 Å². The average Bonchev–Trinajstić information content (AvgIpc) is 2.82. The van der Waals surface area contributed by atoms with E-state index in [1.165, 1.54) is 12.7 Å². The van der Waals surface area contributed by atoms with Crippen LogP contribution in [0.25, 0.3) is 0 Å². The maximum Gasteiger partial charge on any atom is 0.268 e. The van der Waals surface area contributed by atoms with Gasteiger partial charge in [0.25, 0.3) is 5.91 Å². The summed E-state index contributed by atoms with van der Waals surface area (Å²) in [7, 11) is 0. The van der Waals surface area contributed by atoms with Crippen LogP contribution < -0.4 is 11.3 Å². The van der Waals surface area contributed by atoms with Crippen LogP contribution in [-0.4, -0.2) is 12.0 Å². The summed E-state index contributed by atoms with van der Waals surface area (Å²) in [6, 6.07) is 1.60. The number of nitrogens with one attached hydrogen (secondary N) is 1. The zero-order valence-corrected chi connectivity index (χ0v) is 11.5. The summed E-state index contributed by atoms with van der Waals surface area (Å²) in [5.74, 6) is 6.70. The van der Waals surface area contributed by atoms with E-state index in [2.05, 4.69) is 19.3 Å². The third-order valence-corrected chi connectivity index (χ3v) is 3.71. The first-order valence-electron chi connectivity index (χ1n) is 6.79. The molecule has 0 bridgehead atoms. The standard InChI is InChI=1S/C14H22N2O3/c1-9-5-10(2)7-11(6-9)19-8-13-12(3-4-18-13)14(17)16-15/h3-4,9-11H,5-8,15H2,1-2H3,(H,16,17). The van der Waals surface area contributed by atoms with Crippen LogP contribution in [0.3, 0.4) is 0 Å². The molecule has 19 heavy (non-hydrogen) atoms. The van der Waals surface area contributed by atoms with Gasteiger partial charge in [-0.3, -0.25) is 10.2 Å². The molecule has 1 saturated carbocycles. The molecule has 3 N–H and O–H groups in total. The van der Waals surface area contributed by atoms with Crippen LogP contribution in [0.1, 0.15) is 49.2 Å². The average molecular weight is 266 g/mol. The Morgan fingerprint density at radius 2 is 2.11 bits per heavy atom. The molecule has 1 aromatic heterocycles. The first-order chi connectivity index (χ1) is 9.10. The van der Waals surface area contributed by atoms with Gasteiger partial charge in [0.2, 0.25) is 0 Å². The normalized spacial score (nSPS) is 27.2. The number of carbonyl (C=O) groups excluding carboxylic acids is 1. The Hall–Kier alpha value is -1.33. The summed E-state index contributed by atoms with van der Waals surface area (Å²) in [6.07, 6.45) is 5.14. The second-order valence-electron chi connectivity index (χ2n) is 5.58. The predicted octanol–water partition coefficient (Wildman–Crippen LogP) is 2.22. The first-order valence-corrected chi connectivity index (χ1v) is 6.79. The Balaban J connectivity index is 1.92. The van der Waals surface area contributed by atoms with E-state index in [0.717, 1.165) is 12.8 Å².